The lowest BCUT2D eigenvalue weighted by molar-refractivity contribution is 0.176. The van der Waals surface area contributed by atoms with Gasteiger partial charge in [-0.25, -0.2) is 9.59 Å². The number of carbonyl (C=O) groups is 1. The molecule has 47 heavy (non-hydrogen) atoms. The van der Waals surface area contributed by atoms with Gasteiger partial charge in [-0.15, -0.1) is 0 Å². The number of phenolic OH excluding ortho intramolecular Hbond substituents is 1. The third kappa shape index (κ3) is 7.11. The Hall–Kier alpha value is -5.65. The number of nitrogens with one attached hydrogen (secondary N) is 3. The van der Waals surface area contributed by atoms with Gasteiger partial charge in [-0.3, -0.25) is 14.7 Å². The zero-order valence-electron chi connectivity index (χ0n) is 25.4. The lowest BCUT2D eigenvalue weighted by Gasteiger charge is -2.15. The third-order valence-electron chi connectivity index (χ3n) is 8.17. The topological polar surface area (TPSA) is 170 Å². The summed E-state index contributed by atoms with van der Waals surface area (Å²) < 4.78 is 7.16. The van der Waals surface area contributed by atoms with Crippen LogP contribution in [0.15, 0.2) is 105 Å². The van der Waals surface area contributed by atoms with Crippen molar-refractivity contribution in [1.29, 1.82) is 0 Å². The molecule has 6 N–H and O–H groups in total. The van der Waals surface area contributed by atoms with Crippen LogP contribution in [0.1, 0.15) is 35.6 Å². The van der Waals surface area contributed by atoms with Crippen LogP contribution in [0.3, 0.4) is 0 Å². The molecule has 0 fully saturated rings. The van der Waals surface area contributed by atoms with E-state index in [0.717, 1.165) is 35.1 Å². The fourth-order valence-corrected chi connectivity index (χ4v) is 5.88. The van der Waals surface area contributed by atoms with Crippen LogP contribution >= 0.6 is 0 Å². The maximum absolute atomic E-state index is 12.7. The molecule has 0 aliphatic rings. The molecule has 0 aliphatic heterocycles. The molecule has 0 radical (unpaired) electrons. The normalized spacial score (nSPS) is 12.0. The van der Waals surface area contributed by atoms with Crippen LogP contribution < -0.4 is 21.9 Å². The molecule has 0 unspecified atom stereocenters. The Balaban J connectivity index is 1.05. The van der Waals surface area contributed by atoms with Crippen molar-refractivity contribution in [1.82, 2.24) is 14.9 Å². The predicted octanol–water partition coefficient (Wildman–Crippen LogP) is 5.74. The molecule has 2 aromatic heterocycles. The zero-order chi connectivity index (χ0) is 32.9. The molecule has 240 valence electrons. The Kier molecular flexibility index (Phi) is 9.18. The Bertz CT molecular complexity index is 2170. The van der Waals surface area contributed by atoms with E-state index in [-0.39, 0.29) is 23.4 Å². The first-order valence-electron chi connectivity index (χ1n) is 15.3. The Morgan fingerprint density at radius 2 is 1.72 bits per heavy atom. The van der Waals surface area contributed by atoms with E-state index in [2.05, 4.69) is 15.6 Å². The number of fused-ring (bicyclic) bond motifs is 2. The van der Waals surface area contributed by atoms with Gasteiger partial charge in [-0.05, 0) is 71.8 Å². The summed E-state index contributed by atoms with van der Waals surface area (Å²) in [4.78, 5) is 38.4. The van der Waals surface area contributed by atoms with E-state index in [1.54, 1.807) is 22.8 Å². The molecule has 11 heteroatoms. The highest BCUT2D eigenvalue weighted by Crippen LogP contribution is 2.30. The first kappa shape index (κ1) is 31.3. The Morgan fingerprint density at radius 3 is 2.53 bits per heavy atom. The van der Waals surface area contributed by atoms with Crippen LogP contribution in [0, 0.1) is 0 Å². The highest BCUT2D eigenvalue weighted by Gasteiger charge is 2.15. The van der Waals surface area contributed by atoms with Crippen molar-refractivity contribution in [2.45, 2.75) is 38.5 Å². The summed E-state index contributed by atoms with van der Waals surface area (Å²) in [5, 5.41) is 36.6. The number of aromatic hydroxyl groups is 1. The van der Waals surface area contributed by atoms with Gasteiger partial charge in [0.25, 0.3) is 0 Å². The number of oxazole rings is 1. The Morgan fingerprint density at radius 1 is 0.915 bits per heavy atom. The number of aromatic nitrogens is 2. The number of rotatable bonds is 12. The number of anilines is 1. The molecular weight excluding hydrogens is 600 g/mol. The van der Waals surface area contributed by atoms with Crippen molar-refractivity contribution in [2.24, 2.45) is 0 Å². The van der Waals surface area contributed by atoms with Crippen molar-refractivity contribution in [3.8, 4) is 16.9 Å². The highest BCUT2D eigenvalue weighted by atomic mass is 16.4. The van der Waals surface area contributed by atoms with E-state index < -0.39 is 18.0 Å². The zero-order valence-corrected chi connectivity index (χ0v) is 25.4. The average molecular weight is 635 g/mol. The molecule has 6 rings (SSSR count). The predicted molar refractivity (Wildman–Crippen MR) is 180 cm³/mol. The van der Waals surface area contributed by atoms with Crippen molar-refractivity contribution in [3.05, 3.63) is 129 Å². The second-order valence-corrected chi connectivity index (χ2v) is 11.4. The molecular formula is C36H34N4O7. The number of unbranched alkanes of at least 4 members (excludes halogenated alkanes) is 1. The summed E-state index contributed by atoms with van der Waals surface area (Å²) >= 11 is 0. The maximum Gasteiger partial charge on any atom is 0.419 e. The molecule has 1 atom stereocenters. The maximum atomic E-state index is 12.7. The lowest BCUT2D eigenvalue weighted by atomic mass is 9.99. The van der Waals surface area contributed by atoms with Gasteiger partial charge in [-0.1, -0.05) is 54.6 Å². The quantitative estimate of drug-likeness (QED) is 0.0926. The van der Waals surface area contributed by atoms with Crippen LogP contribution in [-0.4, -0.2) is 37.5 Å². The summed E-state index contributed by atoms with van der Waals surface area (Å²) in [6.07, 6.45) is 0.205. The number of H-pyrrole nitrogens is 1. The standard InChI is InChI=1S/C36H34N4O7/c41-30-15-12-26(27-13-16-33(43)39-34(27)30)31(42)21-37-20-23-10-14-29-32(19-23)47-36(46)40(29)17-5-4-6-22-9-11-25(24-7-2-1-3-8-24)28(18-22)38-35(44)45/h1-3,7-16,18-19,31,37-38,41-42H,4-6,17,20-21H2,(H,39,43)(H,44,45)/t31-/m1/s1. The molecule has 0 aliphatic carbocycles. The lowest BCUT2D eigenvalue weighted by Crippen LogP contribution is -2.21. The van der Waals surface area contributed by atoms with Crippen molar-refractivity contribution < 1.29 is 24.5 Å². The number of aryl methyl sites for hydroxylation is 2. The molecule has 0 spiro atoms. The van der Waals surface area contributed by atoms with Crippen molar-refractivity contribution in [2.75, 3.05) is 11.9 Å². The van der Waals surface area contributed by atoms with E-state index >= 15 is 0 Å². The number of hydrogen-bond donors (Lipinski definition) is 6. The van der Waals surface area contributed by atoms with Gasteiger partial charge in [0.2, 0.25) is 5.56 Å². The molecule has 11 nitrogen and oxygen atoms in total. The third-order valence-corrected chi connectivity index (χ3v) is 8.17. The van der Waals surface area contributed by atoms with E-state index in [4.69, 9.17) is 4.42 Å². The minimum Gasteiger partial charge on any atom is -0.506 e. The highest BCUT2D eigenvalue weighted by molar-refractivity contribution is 5.91. The summed E-state index contributed by atoms with van der Waals surface area (Å²) in [6.45, 7) is 1.10. The number of phenols is 1. The van der Waals surface area contributed by atoms with Gasteiger partial charge in [0.1, 0.15) is 5.75 Å². The SMILES string of the molecule is O=C(O)Nc1cc(CCCCn2c(=O)oc3cc(CNC[C@@H](O)c4ccc(O)c5[nH]c(=O)ccc45)ccc32)ccc1-c1ccccc1. The van der Waals surface area contributed by atoms with Crippen LogP contribution in [0.4, 0.5) is 10.5 Å². The molecule has 1 amide bonds. The van der Waals surface area contributed by atoms with Gasteiger partial charge in [0.05, 0.1) is 22.8 Å². The van der Waals surface area contributed by atoms with Gasteiger partial charge in [-0.2, -0.15) is 0 Å². The number of aliphatic hydroxyl groups excluding tert-OH is 1. The van der Waals surface area contributed by atoms with Crippen molar-refractivity contribution >= 4 is 33.8 Å². The van der Waals surface area contributed by atoms with E-state index in [1.807, 2.05) is 60.7 Å². The molecule has 0 saturated heterocycles. The van der Waals surface area contributed by atoms with Crippen molar-refractivity contribution in [3.63, 3.8) is 0 Å². The first-order valence-corrected chi connectivity index (χ1v) is 15.3. The molecule has 4 aromatic carbocycles. The Labute approximate surface area is 268 Å². The minimum absolute atomic E-state index is 0.0683. The second-order valence-electron chi connectivity index (χ2n) is 11.4. The number of benzene rings is 4. The minimum atomic E-state index is -1.12. The first-order chi connectivity index (χ1) is 22.8. The van der Waals surface area contributed by atoms with Crippen LogP contribution in [0.5, 0.6) is 5.75 Å². The largest absolute Gasteiger partial charge is 0.506 e. The second kappa shape index (κ2) is 13.8. The van der Waals surface area contributed by atoms with Gasteiger partial charge in [0.15, 0.2) is 5.58 Å². The number of amides is 1. The fraction of sp³-hybridized carbons (Fsp3) is 0.194. The summed E-state index contributed by atoms with van der Waals surface area (Å²) in [5.74, 6) is -0.501. The monoisotopic (exact) mass is 634 g/mol. The summed E-state index contributed by atoms with van der Waals surface area (Å²) in [7, 11) is 0. The van der Waals surface area contributed by atoms with Crippen LogP contribution in [-0.2, 0) is 19.5 Å². The molecule has 0 bridgehead atoms. The van der Waals surface area contributed by atoms with E-state index in [1.165, 1.54) is 12.1 Å². The number of aromatic amines is 1. The van der Waals surface area contributed by atoms with Gasteiger partial charge in [0, 0.05) is 36.7 Å². The molecule has 2 heterocycles. The number of aliphatic hydroxyl groups is 1. The van der Waals surface area contributed by atoms with E-state index in [0.29, 0.717) is 47.2 Å². The van der Waals surface area contributed by atoms with Crippen LogP contribution in [0.2, 0.25) is 0 Å². The molecule has 0 saturated carbocycles. The smallest absolute Gasteiger partial charge is 0.419 e. The van der Waals surface area contributed by atoms with Gasteiger partial charge >= 0.3 is 11.8 Å². The number of nitrogens with zero attached hydrogens (tertiary/aromatic N) is 1. The number of carboxylic acid groups (broad SMARTS) is 1. The average Bonchev–Trinajstić information content (AvgIpc) is 3.37. The number of hydrogen-bond acceptors (Lipinski definition) is 7. The van der Waals surface area contributed by atoms with E-state index in [9.17, 15) is 29.7 Å². The summed E-state index contributed by atoms with van der Waals surface area (Å²) in [6, 6.07) is 26.9. The molecule has 6 aromatic rings. The van der Waals surface area contributed by atoms with Gasteiger partial charge < -0.3 is 30.0 Å². The fourth-order valence-electron chi connectivity index (χ4n) is 5.88. The van der Waals surface area contributed by atoms with Crippen LogP contribution in [0.25, 0.3) is 33.1 Å². The number of pyridine rings is 1. The summed E-state index contributed by atoms with van der Waals surface area (Å²) in [5.41, 5.74) is 5.81.